The first-order valence-electron chi connectivity index (χ1n) is 18.7. The minimum absolute atomic E-state index is 0.206. The molecule has 5 aromatic rings. The molecule has 0 amide bonds. The van der Waals surface area contributed by atoms with E-state index in [2.05, 4.69) is 96.5 Å². The van der Waals surface area contributed by atoms with Gasteiger partial charge in [0.25, 0.3) is 0 Å². The molecule has 266 valence electrons. The molecular weight excluding hydrogens is 652 g/mol. The molecule has 0 bridgehead atoms. The molecule has 9 rings (SSSR count). The van der Waals surface area contributed by atoms with Gasteiger partial charge in [0.05, 0.1) is 39.2 Å². The zero-order valence-electron chi connectivity index (χ0n) is 30.2. The van der Waals surface area contributed by atoms with Crippen molar-refractivity contribution < 1.29 is 23.3 Å². The molecule has 0 aromatic heterocycles. The standard InChI is InChI=1S/C45H45FN2O4/c1-4-44(5-2)38-27-32(46)13-16-34(38)41-36-28-39(48-21-25-51-26-22-48)40(49-3)29-37(36)43-35(42(41)44)17-18-45(52-43,30-9-7-6-8-10-30)31-11-14-33(15-12-31)47-19-23-50-24-20-47/h6-18,27-29H,4-5,19-26H2,1-3H3. The highest BCUT2D eigenvalue weighted by Gasteiger charge is 2.47. The van der Waals surface area contributed by atoms with Crippen LogP contribution in [0.4, 0.5) is 15.8 Å². The van der Waals surface area contributed by atoms with Crippen LogP contribution in [0.15, 0.2) is 91.0 Å². The molecule has 0 radical (unpaired) electrons. The molecular formula is C45H45FN2O4. The normalized spacial score (nSPS) is 20.3. The SMILES string of the molecule is CCC1(CC)c2cc(F)ccc2-c2c1c1c(c3cc(OC)c(N4CCOCC4)cc23)OC(c2ccccc2)(c2ccc(N3CCOCC3)cc2)C=C1. The van der Waals surface area contributed by atoms with Crippen molar-refractivity contribution in [2.24, 2.45) is 0 Å². The summed E-state index contributed by atoms with van der Waals surface area (Å²) in [5, 5.41) is 2.07. The Morgan fingerprint density at radius 2 is 1.42 bits per heavy atom. The third-order valence-corrected chi connectivity index (χ3v) is 12.0. The fourth-order valence-electron chi connectivity index (χ4n) is 9.30. The topological polar surface area (TPSA) is 43.4 Å². The number of hydrogen-bond acceptors (Lipinski definition) is 6. The van der Waals surface area contributed by atoms with Crippen molar-refractivity contribution in [3.8, 4) is 22.6 Å². The second kappa shape index (κ2) is 13.0. The van der Waals surface area contributed by atoms with Gasteiger partial charge in [0.2, 0.25) is 0 Å². The Kier molecular flexibility index (Phi) is 8.24. The van der Waals surface area contributed by atoms with Crippen LogP contribution in [0.5, 0.6) is 11.5 Å². The molecule has 52 heavy (non-hydrogen) atoms. The van der Waals surface area contributed by atoms with Gasteiger partial charge in [0, 0.05) is 59.4 Å². The lowest BCUT2D eigenvalue weighted by Gasteiger charge is -2.40. The summed E-state index contributed by atoms with van der Waals surface area (Å²) in [4.78, 5) is 4.73. The van der Waals surface area contributed by atoms with Crippen LogP contribution in [0, 0.1) is 5.82 Å². The first-order valence-corrected chi connectivity index (χ1v) is 18.7. The minimum atomic E-state index is -0.895. The lowest BCUT2D eigenvalue weighted by Crippen LogP contribution is -2.37. The van der Waals surface area contributed by atoms with E-state index < -0.39 is 5.60 Å². The van der Waals surface area contributed by atoms with Gasteiger partial charge in [-0.25, -0.2) is 4.39 Å². The lowest BCUT2D eigenvalue weighted by atomic mass is 9.71. The summed E-state index contributed by atoms with van der Waals surface area (Å²) >= 11 is 0. The van der Waals surface area contributed by atoms with Crippen LogP contribution >= 0.6 is 0 Å². The molecule has 0 N–H and O–H groups in total. The number of halogens is 1. The fraction of sp³-hybridized carbons (Fsp3) is 0.333. The molecule has 4 aliphatic rings. The number of hydrogen-bond donors (Lipinski definition) is 0. The van der Waals surface area contributed by atoms with Crippen molar-refractivity contribution >= 4 is 28.2 Å². The van der Waals surface area contributed by atoms with Gasteiger partial charge in [-0.1, -0.05) is 68.5 Å². The second-order valence-corrected chi connectivity index (χ2v) is 14.3. The highest BCUT2D eigenvalue weighted by molar-refractivity contribution is 6.10. The van der Waals surface area contributed by atoms with E-state index in [1.165, 1.54) is 16.8 Å². The highest BCUT2D eigenvalue weighted by atomic mass is 19.1. The molecule has 7 heteroatoms. The van der Waals surface area contributed by atoms with Crippen molar-refractivity contribution in [3.63, 3.8) is 0 Å². The van der Waals surface area contributed by atoms with Crippen LogP contribution in [-0.2, 0) is 20.5 Å². The first kappa shape index (κ1) is 33.0. The maximum Gasteiger partial charge on any atom is 0.178 e. The first-order chi connectivity index (χ1) is 25.5. The van der Waals surface area contributed by atoms with Crippen molar-refractivity contribution in [1.82, 2.24) is 0 Å². The van der Waals surface area contributed by atoms with Crippen molar-refractivity contribution in [3.05, 3.63) is 125 Å². The highest BCUT2D eigenvalue weighted by Crippen LogP contribution is 2.61. The summed E-state index contributed by atoms with van der Waals surface area (Å²) in [5.74, 6) is 1.41. The largest absolute Gasteiger partial charge is 0.495 e. The fourth-order valence-corrected chi connectivity index (χ4v) is 9.30. The Morgan fingerprint density at radius 3 is 2.10 bits per heavy atom. The van der Waals surface area contributed by atoms with Crippen LogP contribution in [0.3, 0.4) is 0 Å². The van der Waals surface area contributed by atoms with Gasteiger partial charge in [-0.05, 0) is 83.0 Å². The molecule has 1 atom stereocenters. The maximum absolute atomic E-state index is 15.2. The lowest BCUT2D eigenvalue weighted by molar-refractivity contribution is 0.122. The van der Waals surface area contributed by atoms with Crippen LogP contribution in [-0.4, -0.2) is 59.7 Å². The van der Waals surface area contributed by atoms with Crippen LogP contribution in [0.1, 0.15) is 54.5 Å². The van der Waals surface area contributed by atoms with Crippen LogP contribution in [0.2, 0.25) is 0 Å². The Morgan fingerprint density at radius 1 is 0.750 bits per heavy atom. The molecule has 6 nitrogen and oxygen atoms in total. The predicted octanol–water partition coefficient (Wildman–Crippen LogP) is 9.10. The van der Waals surface area contributed by atoms with E-state index >= 15 is 4.39 Å². The molecule has 5 aromatic carbocycles. The number of methoxy groups -OCH3 is 1. The van der Waals surface area contributed by atoms with Crippen LogP contribution < -0.4 is 19.3 Å². The number of nitrogens with zero attached hydrogens (tertiary/aromatic N) is 2. The quantitative estimate of drug-likeness (QED) is 0.169. The Balaban J connectivity index is 1.32. The Hall–Kier alpha value is -4.85. The van der Waals surface area contributed by atoms with Gasteiger partial charge in [-0.2, -0.15) is 0 Å². The number of fused-ring (bicyclic) bond motifs is 8. The predicted molar refractivity (Wildman–Crippen MR) is 207 cm³/mol. The van der Waals surface area contributed by atoms with E-state index in [1.807, 2.05) is 12.1 Å². The summed E-state index contributed by atoms with van der Waals surface area (Å²) in [6.07, 6.45) is 6.18. The molecule has 3 heterocycles. The second-order valence-electron chi connectivity index (χ2n) is 14.3. The smallest absolute Gasteiger partial charge is 0.178 e. The van der Waals surface area contributed by atoms with Gasteiger partial charge in [0.15, 0.2) is 5.60 Å². The molecule has 0 saturated carbocycles. The number of morpholine rings is 2. The van der Waals surface area contributed by atoms with Gasteiger partial charge >= 0.3 is 0 Å². The zero-order chi connectivity index (χ0) is 35.5. The number of rotatable bonds is 7. The molecule has 3 aliphatic heterocycles. The van der Waals surface area contributed by atoms with E-state index in [9.17, 15) is 0 Å². The third-order valence-electron chi connectivity index (χ3n) is 12.0. The van der Waals surface area contributed by atoms with E-state index in [1.54, 1.807) is 19.2 Å². The molecule has 2 fully saturated rings. The Labute approximate surface area is 305 Å². The number of ether oxygens (including phenoxy) is 4. The molecule has 2 saturated heterocycles. The maximum atomic E-state index is 15.2. The van der Waals surface area contributed by atoms with Gasteiger partial charge in [-0.15, -0.1) is 0 Å². The summed E-state index contributed by atoms with van der Waals surface area (Å²) in [6, 6.07) is 29.2. The average Bonchev–Trinajstić information content (AvgIpc) is 3.51. The minimum Gasteiger partial charge on any atom is -0.495 e. The molecule has 0 spiro atoms. The summed E-state index contributed by atoms with van der Waals surface area (Å²) in [6.45, 7) is 10.6. The van der Waals surface area contributed by atoms with E-state index in [4.69, 9.17) is 18.9 Å². The third kappa shape index (κ3) is 4.96. The van der Waals surface area contributed by atoms with Crippen molar-refractivity contribution in [1.29, 1.82) is 0 Å². The number of anilines is 2. The van der Waals surface area contributed by atoms with Gasteiger partial charge < -0.3 is 28.7 Å². The summed E-state index contributed by atoms with van der Waals surface area (Å²) in [5.41, 5.74) is 8.62. The Bertz CT molecular complexity index is 2170. The van der Waals surface area contributed by atoms with E-state index in [0.717, 1.165) is 108 Å². The van der Waals surface area contributed by atoms with Crippen molar-refractivity contribution in [2.75, 3.05) is 69.5 Å². The summed E-state index contributed by atoms with van der Waals surface area (Å²) < 4.78 is 40.3. The van der Waals surface area contributed by atoms with Gasteiger partial charge in [-0.3, -0.25) is 0 Å². The van der Waals surface area contributed by atoms with Crippen LogP contribution in [0.25, 0.3) is 28.0 Å². The molecule has 1 aliphatic carbocycles. The monoisotopic (exact) mass is 696 g/mol. The van der Waals surface area contributed by atoms with E-state index in [0.29, 0.717) is 13.2 Å². The van der Waals surface area contributed by atoms with Gasteiger partial charge in [0.1, 0.15) is 17.3 Å². The summed E-state index contributed by atoms with van der Waals surface area (Å²) in [7, 11) is 1.74. The zero-order valence-corrected chi connectivity index (χ0v) is 30.2. The average molecular weight is 697 g/mol. The van der Waals surface area contributed by atoms with E-state index in [-0.39, 0.29) is 11.2 Å². The van der Waals surface area contributed by atoms with Crippen molar-refractivity contribution in [2.45, 2.75) is 37.7 Å². The number of benzene rings is 5. The molecule has 1 unspecified atom stereocenters.